The van der Waals surface area contributed by atoms with Gasteiger partial charge in [-0.2, -0.15) is 0 Å². The van der Waals surface area contributed by atoms with Crippen molar-refractivity contribution in [3.05, 3.63) is 97.2 Å². The maximum Gasteiger partial charge on any atom is 0.472 e. The smallest absolute Gasteiger partial charge is 0.462 e. The van der Waals surface area contributed by atoms with Crippen LogP contribution in [-0.2, 0) is 65.4 Å². The molecule has 2 unspecified atom stereocenters. The summed E-state index contributed by atoms with van der Waals surface area (Å²) in [7, 11) is -9.98. The van der Waals surface area contributed by atoms with Crippen molar-refractivity contribution >= 4 is 39.5 Å². The number of aliphatic hydroxyl groups excluding tert-OH is 1. The van der Waals surface area contributed by atoms with Crippen molar-refractivity contribution in [1.29, 1.82) is 0 Å². The second-order valence-corrected chi connectivity index (χ2v) is 30.6. The van der Waals surface area contributed by atoms with E-state index in [1.165, 1.54) is 173 Å². The van der Waals surface area contributed by atoms with Gasteiger partial charge in [-0.1, -0.05) is 330 Å². The van der Waals surface area contributed by atoms with E-state index in [4.69, 9.17) is 37.0 Å². The first-order valence-corrected chi connectivity index (χ1v) is 44.5. The second-order valence-electron chi connectivity index (χ2n) is 27.7. The Hall–Kier alpha value is -4.02. The topological polar surface area (TPSA) is 237 Å². The predicted molar refractivity (Wildman–Crippen MR) is 427 cm³/mol. The first kappa shape index (κ1) is 100.0. The molecule has 104 heavy (non-hydrogen) atoms. The third-order valence-corrected chi connectivity index (χ3v) is 19.5. The molecule has 0 saturated heterocycles. The zero-order valence-electron chi connectivity index (χ0n) is 65.9. The van der Waals surface area contributed by atoms with Crippen molar-refractivity contribution in [3.63, 3.8) is 0 Å². The lowest BCUT2D eigenvalue weighted by molar-refractivity contribution is -0.161. The number of phosphoric acid groups is 2. The van der Waals surface area contributed by atoms with E-state index in [1.807, 2.05) is 24.3 Å². The first-order chi connectivity index (χ1) is 50.7. The largest absolute Gasteiger partial charge is 0.472 e. The maximum atomic E-state index is 13.1. The average Bonchev–Trinajstić information content (AvgIpc) is 0.936. The number of phosphoric ester groups is 2. The van der Waals surface area contributed by atoms with E-state index in [0.717, 1.165) is 96.3 Å². The van der Waals surface area contributed by atoms with E-state index in [-0.39, 0.29) is 25.7 Å². The van der Waals surface area contributed by atoms with Crippen LogP contribution in [0, 0.1) is 0 Å². The number of rotatable bonds is 78. The van der Waals surface area contributed by atoms with Crippen LogP contribution in [-0.4, -0.2) is 96.7 Å². The third kappa shape index (κ3) is 76.2. The lowest BCUT2D eigenvalue weighted by Crippen LogP contribution is -2.30. The van der Waals surface area contributed by atoms with Crippen molar-refractivity contribution < 1.29 is 80.2 Å². The van der Waals surface area contributed by atoms with Crippen LogP contribution >= 0.6 is 15.6 Å². The highest BCUT2D eigenvalue weighted by atomic mass is 31.2. The monoisotopic (exact) mass is 1510 g/mol. The number of esters is 4. The Bertz CT molecular complexity index is 2350. The Balaban J connectivity index is 5.43. The zero-order valence-corrected chi connectivity index (χ0v) is 67.7. The molecule has 0 aliphatic carbocycles. The van der Waals surface area contributed by atoms with Gasteiger partial charge in [0.25, 0.3) is 0 Å². The zero-order chi connectivity index (χ0) is 76.0. The van der Waals surface area contributed by atoms with Crippen molar-refractivity contribution in [2.24, 2.45) is 0 Å². The molecule has 0 radical (unpaired) electrons. The molecule has 0 spiro atoms. The van der Waals surface area contributed by atoms with Crippen LogP contribution in [0.5, 0.6) is 0 Å². The molecule has 0 rings (SSSR count). The summed E-state index contributed by atoms with van der Waals surface area (Å²) >= 11 is 0. The molecule has 0 amide bonds. The summed E-state index contributed by atoms with van der Waals surface area (Å²) in [6, 6.07) is 0. The molecular weight excluding hydrogens is 1350 g/mol. The molecule has 19 heteroatoms. The summed E-state index contributed by atoms with van der Waals surface area (Å²) in [6.07, 6.45) is 82.5. The van der Waals surface area contributed by atoms with E-state index in [2.05, 4.69) is 101 Å². The van der Waals surface area contributed by atoms with E-state index in [0.29, 0.717) is 38.5 Å². The molecule has 0 aromatic rings. The normalized spacial score (nSPS) is 14.3. The van der Waals surface area contributed by atoms with Gasteiger partial charge in [-0.05, 0) is 103 Å². The number of unbranched alkanes of at least 4 members (excludes halogenated alkanes) is 36. The fraction of sp³-hybridized carbons (Fsp3) is 0.765. The van der Waals surface area contributed by atoms with Crippen LogP contribution in [0.25, 0.3) is 0 Å². The number of hydrogen-bond acceptors (Lipinski definition) is 15. The van der Waals surface area contributed by atoms with Crippen molar-refractivity contribution in [1.82, 2.24) is 0 Å². The maximum absolute atomic E-state index is 13.1. The van der Waals surface area contributed by atoms with Crippen LogP contribution < -0.4 is 0 Å². The molecule has 0 aromatic heterocycles. The second kappa shape index (κ2) is 77.1. The average molecular weight is 1510 g/mol. The van der Waals surface area contributed by atoms with Gasteiger partial charge in [0.15, 0.2) is 12.2 Å². The molecule has 0 heterocycles. The molecule has 602 valence electrons. The summed E-state index contributed by atoms with van der Waals surface area (Å²) in [4.78, 5) is 73.0. The van der Waals surface area contributed by atoms with E-state index >= 15 is 0 Å². The van der Waals surface area contributed by atoms with Gasteiger partial charge in [-0.3, -0.25) is 37.3 Å². The third-order valence-electron chi connectivity index (χ3n) is 17.6. The van der Waals surface area contributed by atoms with E-state index in [9.17, 15) is 43.2 Å². The highest BCUT2D eigenvalue weighted by Gasteiger charge is 2.30. The minimum Gasteiger partial charge on any atom is -0.462 e. The molecule has 3 N–H and O–H groups in total. The Morgan fingerprint density at radius 1 is 0.269 bits per heavy atom. The highest BCUT2D eigenvalue weighted by molar-refractivity contribution is 7.47. The van der Waals surface area contributed by atoms with Crippen LogP contribution in [0.15, 0.2) is 97.2 Å². The van der Waals surface area contributed by atoms with Crippen LogP contribution in [0.2, 0.25) is 0 Å². The van der Waals surface area contributed by atoms with Gasteiger partial charge in [0.2, 0.25) is 0 Å². The number of carbonyl (C=O) groups excluding carboxylic acids is 4. The highest BCUT2D eigenvalue weighted by Crippen LogP contribution is 2.45. The van der Waals surface area contributed by atoms with Gasteiger partial charge >= 0.3 is 39.5 Å². The fourth-order valence-corrected chi connectivity index (χ4v) is 12.8. The summed E-state index contributed by atoms with van der Waals surface area (Å²) in [5.74, 6) is -2.28. The molecule has 0 aliphatic heterocycles. The van der Waals surface area contributed by atoms with E-state index in [1.54, 1.807) is 0 Å². The summed E-state index contributed by atoms with van der Waals surface area (Å²) in [5.41, 5.74) is 0. The Morgan fingerprint density at radius 2 is 0.481 bits per heavy atom. The molecule has 0 aliphatic rings. The summed E-state index contributed by atoms with van der Waals surface area (Å²) in [5, 5.41) is 10.6. The van der Waals surface area contributed by atoms with Crippen LogP contribution in [0.1, 0.15) is 362 Å². The SMILES string of the molecule is CCCCC/C=C\C/C=C\C/C=C\C/C=C\CCCC(=O)OC[C@H](COP(=O)(O)OC[C@H](O)COP(=O)(O)OC[C@@H](COC(=O)CCCCCCCCCCCCCCC)OC(=O)CCCCCCCCCCCCCCCCCCC)OC(=O)CCC/C=C\C/C=C\C/C=C\C/C=C\CCCCC. The minimum absolute atomic E-state index is 0.00784. The lowest BCUT2D eigenvalue weighted by atomic mass is 10.0. The van der Waals surface area contributed by atoms with Gasteiger partial charge in [-0.25, -0.2) is 9.13 Å². The van der Waals surface area contributed by atoms with Crippen molar-refractivity contribution in [2.45, 2.75) is 380 Å². The predicted octanol–water partition coefficient (Wildman–Crippen LogP) is 24.3. The molecule has 17 nitrogen and oxygen atoms in total. The first-order valence-electron chi connectivity index (χ1n) is 41.5. The molecule has 0 fully saturated rings. The quantitative estimate of drug-likeness (QED) is 0.0169. The number of hydrogen-bond donors (Lipinski definition) is 3. The summed E-state index contributed by atoms with van der Waals surface area (Å²) < 4.78 is 68.6. The van der Waals surface area contributed by atoms with Gasteiger partial charge in [-0.15, -0.1) is 0 Å². The van der Waals surface area contributed by atoms with Crippen molar-refractivity contribution in [2.75, 3.05) is 39.6 Å². The van der Waals surface area contributed by atoms with Crippen molar-refractivity contribution in [3.8, 4) is 0 Å². The molecule has 5 atom stereocenters. The molecule has 0 bridgehead atoms. The lowest BCUT2D eigenvalue weighted by Gasteiger charge is -2.21. The molecule has 0 aromatic carbocycles. The Morgan fingerprint density at radius 3 is 0.769 bits per heavy atom. The number of ether oxygens (including phenoxy) is 4. The Labute approximate surface area is 633 Å². The van der Waals surface area contributed by atoms with Gasteiger partial charge in [0.05, 0.1) is 26.4 Å². The number of aliphatic hydroxyl groups is 1. The standard InChI is InChI=1S/C85H150O17P2/c1-5-9-13-17-21-25-29-33-36-39-42-46-50-54-58-62-66-70-83(88)96-76-81(102-85(90)72-68-64-60-56-52-48-44-41-38-35-31-27-23-19-15-11-7-3)78-100-104(93,94)98-74-79(86)73-97-103(91,92)99-77-80(75-95-82(87)69-65-61-57-53-49-45-32-28-24-20-16-12-8-4)101-84(89)71-67-63-59-55-51-47-43-40-37-34-30-26-22-18-14-10-6-2/h21,23,25,27,33,35-36,38,42,44,46,48,54,56,58,60,79-81,86H,5-20,22,24,26,28-32,34,37,39-41,43,45,47,49-53,55,57,59,61-78H2,1-4H3,(H,91,92)(H,93,94)/b25-21-,27-23-,36-33-,38-35-,46-42-,48-44-,58-54-,60-56-/t79-,80-,81-/m1/s1. The van der Waals surface area contributed by atoms with E-state index < -0.39 is 97.5 Å². The minimum atomic E-state index is -5.00. The Kier molecular flexibility index (Phi) is 74.2. The number of carbonyl (C=O) groups is 4. The fourth-order valence-electron chi connectivity index (χ4n) is 11.2. The number of allylic oxidation sites excluding steroid dienone is 16. The summed E-state index contributed by atoms with van der Waals surface area (Å²) in [6.45, 7) is 4.76. The van der Waals surface area contributed by atoms with Gasteiger partial charge in [0.1, 0.15) is 19.3 Å². The van der Waals surface area contributed by atoms with Gasteiger partial charge in [0, 0.05) is 25.7 Å². The van der Waals surface area contributed by atoms with Gasteiger partial charge < -0.3 is 33.8 Å². The van der Waals surface area contributed by atoms with Crippen LogP contribution in [0.3, 0.4) is 0 Å². The van der Waals surface area contributed by atoms with Crippen LogP contribution in [0.4, 0.5) is 0 Å². The molecule has 0 saturated carbocycles. The molecular formula is C85H150O17P2.